The summed E-state index contributed by atoms with van der Waals surface area (Å²) in [7, 11) is -4.22. The fourth-order valence-corrected chi connectivity index (χ4v) is 6.64. The van der Waals surface area contributed by atoms with E-state index in [0.717, 1.165) is 4.47 Å². The van der Waals surface area contributed by atoms with E-state index in [4.69, 9.17) is 0 Å². The maximum atomic E-state index is 14.8. The molecule has 0 saturated heterocycles. The summed E-state index contributed by atoms with van der Waals surface area (Å²) in [6.45, 7) is 3.48. The minimum Gasteiger partial charge on any atom is -0.324 e. The maximum absolute atomic E-state index is 14.8. The first-order valence-corrected chi connectivity index (χ1v) is 12.9. The van der Waals surface area contributed by atoms with Crippen LogP contribution in [0.2, 0.25) is 0 Å². The standard InChI is InChI=1S/C26H18BrF5NOP/c1-14-4-3-5-18(12-14)35(34,33-26-24(31)22(29)21(28)23(30)25(26)32)20-13-15(2)6-11-19(20)16-7-9-17(27)10-8-16/h3-13H,1-2H3,(H,33,34). The molecule has 9 heteroatoms. The fraction of sp³-hybridized carbons (Fsp3) is 0.0769. The van der Waals surface area contributed by atoms with Gasteiger partial charge in [0.1, 0.15) is 5.69 Å². The zero-order chi connectivity index (χ0) is 25.5. The number of benzene rings is 4. The zero-order valence-corrected chi connectivity index (χ0v) is 21.0. The molecule has 35 heavy (non-hydrogen) atoms. The first-order valence-electron chi connectivity index (χ1n) is 10.4. The van der Waals surface area contributed by atoms with E-state index < -0.39 is 42.1 Å². The third kappa shape index (κ3) is 4.65. The molecule has 1 atom stereocenters. The second kappa shape index (κ2) is 9.59. The third-order valence-corrected chi connectivity index (χ3v) is 8.61. The molecule has 0 spiro atoms. The normalized spacial score (nSPS) is 12.9. The van der Waals surface area contributed by atoms with E-state index in [1.807, 2.05) is 0 Å². The molecule has 0 amide bonds. The predicted octanol–water partition coefficient (Wildman–Crippen LogP) is 7.77. The molecule has 1 unspecified atom stereocenters. The molecular weight excluding hydrogens is 548 g/mol. The molecule has 0 radical (unpaired) electrons. The summed E-state index contributed by atoms with van der Waals surface area (Å²) in [6, 6.07) is 18.5. The highest BCUT2D eigenvalue weighted by atomic mass is 79.9. The molecule has 0 bridgehead atoms. The Bertz CT molecular complexity index is 1460. The Balaban J connectivity index is 2.04. The third-order valence-electron chi connectivity index (χ3n) is 5.49. The maximum Gasteiger partial charge on any atom is 0.227 e. The van der Waals surface area contributed by atoms with Crippen LogP contribution in [0.15, 0.2) is 71.2 Å². The van der Waals surface area contributed by atoms with Crippen molar-refractivity contribution in [3.8, 4) is 11.1 Å². The molecule has 4 rings (SSSR count). The van der Waals surface area contributed by atoms with Crippen LogP contribution < -0.4 is 15.7 Å². The van der Waals surface area contributed by atoms with Gasteiger partial charge in [-0.05, 0) is 55.3 Å². The highest BCUT2D eigenvalue weighted by Gasteiger charge is 2.35. The molecule has 0 fully saturated rings. The molecule has 0 heterocycles. The second-order valence-corrected chi connectivity index (χ2v) is 11.4. The van der Waals surface area contributed by atoms with Crippen LogP contribution in [0.4, 0.5) is 27.6 Å². The lowest BCUT2D eigenvalue weighted by atomic mass is 10.0. The van der Waals surface area contributed by atoms with Crippen molar-refractivity contribution >= 4 is 39.5 Å². The number of rotatable bonds is 5. The minimum absolute atomic E-state index is 0.144. The lowest BCUT2D eigenvalue weighted by molar-refractivity contribution is 0.382. The molecule has 2 nitrogen and oxygen atoms in total. The van der Waals surface area contributed by atoms with Gasteiger partial charge in [-0.2, -0.15) is 0 Å². The van der Waals surface area contributed by atoms with Crippen molar-refractivity contribution in [2.45, 2.75) is 13.8 Å². The van der Waals surface area contributed by atoms with Crippen molar-refractivity contribution in [1.82, 2.24) is 0 Å². The summed E-state index contributed by atoms with van der Waals surface area (Å²) in [5.74, 6) is -10.7. The largest absolute Gasteiger partial charge is 0.324 e. The molecular formula is C26H18BrF5NOP. The van der Waals surface area contributed by atoms with Gasteiger partial charge in [0.2, 0.25) is 13.1 Å². The average molecular weight is 566 g/mol. The lowest BCUT2D eigenvalue weighted by Gasteiger charge is -2.25. The number of aryl methyl sites for hydroxylation is 2. The van der Waals surface area contributed by atoms with Gasteiger partial charge in [-0.15, -0.1) is 0 Å². The summed E-state index contributed by atoms with van der Waals surface area (Å²) >= 11 is 3.36. The number of halogens is 6. The van der Waals surface area contributed by atoms with E-state index in [2.05, 4.69) is 21.0 Å². The van der Waals surface area contributed by atoms with E-state index in [-0.39, 0.29) is 10.6 Å². The molecule has 0 aromatic heterocycles. The fourth-order valence-electron chi connectivity index (χ4n) is 3.72. The number of anilines is 1. The van der Waals surface area contributed by atoms with Gasteiger partial charge in [-0.25, -0.2) is 22.0 Å². The zero-order valence-electron chi connectivity index (χ0n) is 18.5. The summed E-state index contributed by atoms with van der Waals surface area (Å²) in [6.07, 6.45) is 0. The van der Waals surface area contributed by atoms with Gasteiger partial charge >= 0.3 is 0 Å². The first kappa shape index (κ1) is 25.1. The van der Waals surface area contributed by atoms with Gasteiger partial charge in [0.05, 0.1) is 0 Å². The second-order valence-electron chi connectivity index (χ2n) is 8.03. The Morgan fingerprint density at radius 1 is 0.714 bits per heavy atom. The molecule has 1 N–H and O–H groups in total. The van der Waals surface area contributed by atoms with Crippen LogP contribution in [-0.2, 0) is 4.57 Å². The molecule has 0 aliphatic carbocycles. The summed E-state index contributed by atoms with van der Waals surface area (Å²) in [5, 5.41) is 2.56. The van der Waals surface area contributed by atoms with E-state index in [0.29, 0.717) is 22.3 Å². The van der Waals surface area contributed by atoms with Crippen LogP contribution in [-0.4, -0.2) is 0 Å². The predicted molar refractivity (Wildman–Crippen MR) is 132 cm³/mol. The molecule has 4 aromatic rings. The van der Waals surface area contributed by atoms with E-state index in [9.17, 15) is 26.5 Å². The van der Waals surface area contributed by atoms with Crippen LogP contribution >= 0.6 is 23.2 Å². The Morgan fingerprint density at radius 2 is 1.29 bits per heavy atom. The van der Waals surface area contributed by atoms with Gasteiger partial charge < -0.3 is 5.09 Å². The van der Waals surface area contributed by atoms with Gasteiger partial charge in [-0.3, -0.25) is 4.57 Å². The Morgan fingerprint density at radius 3 is 1.89 bits per heavy atom. The molecule has 0 aliphatic rings. The summed E-state index contributed by atoms with van der Waals surface area (Å²) in [5.41, 5.74) is 1.15. The lowest BCUT2D eigenvalue weighted by Crippen LogP contribution is -2.25. The first-order chi connectivity index (χ1) is 16.5. The Labute approximate surface area is 207 Å². The Hall–Kier alpha value is -2.96. The highest BCUT2D eigenvalue weighted by molar-refractivity contribution is 9.10. The smallest absolute Gasteiger partial charge is 0.227 e. The van der Waals surface area contributed by atoms with Crippen LogP contribution in [0.1, 0.15) is 11.1 Å². The molecule has 180 valence electrons. The summed E-state index contributed by atoms with van der Waals surface area (Å²) in [4.78, 5) is 0. The van der Waals surface area contributed by atoms with Crippen LogP contribution in [0.3, 0.4) is 0 Å². The van der Waals surface area contributed by atoms with Crippen LogP contribution in [0.25, 0.3) is 11.1 Å². The quantitative estimate of drug-likeness (QED) is 0.116. The van der Waals surface area contributed by atoms with Gasteiger partial charge in [0.25, 0.3) is 0 Å². The van der Waals surface area contributed by atoms with E-state index >= 15 is 0 Å². The number of hydrogen-bond acceptors (Lipinski definition) is 1. The van der Waals surface area contributed by atoms with Crippen molar-refractivity contribution in [3.05, 3.63) is 111 Å². The van der Waals surface area contributed by atoms with Crippen LogP contribution in [0.5, 0.6) is 0 Å². The van der Waals surface area contributed by atoms with Crippen molar-refractivity contribution in [2.75, 3.05) is 5.09 Å². The molecule has 0 aliphatic heterocycles. The van der Waals surface area contributed by atoms with Crippen LogP contribution in [0, 0.1) is 42.9 Å². The van der Waals surface area contributed by atoms with Crippen molar-refractivity contribution in [2.24, 2.45) is 0 Å². The van der Waals surface area contributed by atoms with E-state index in [1.54, 1.807) is 74.5 Å². The topological polar surface area (TPSA) is 29.1 Å². The van der Waals surface area contributed by atoms with Gasteiger partial charge in [0, 0.05) is 15.1 Å². The summed E-state index contributed by atoms with van der Waals surface area (Å²) < 4.78 is 86.6. The Kier molecular flexibility index (Phi) is 6.89. The van der Waals surface area contributed by atoms with Gasteiger partial charge in [0.15, 0.2) is 23.3 Å². The molecule has 4 aromatic carbocycles. The van der Waals surface area contributed by atoms with Crippen molar-refractivity contribution in [3.63, 3.8) is 0 Å². The van der Waals surface area contributed by atoms with Crippen molar-refractivity contribution in [1.29, 1.82) is 0 Å². The average Bonchev–Trinajstić information content (AvgIpc) is 2.84. The number of hydrogen-bond donors (Lipinski definition) is 1. The van der Waals surface area contributed by atoms with Crippen molar-refractivity contribution < 1.29 is 26.5 Å². The SMILES string of the molecule is Cc1cccc(P(=O)(Nc2c(F)c(F)c(F)c(F)c2F)c2cc(C)ccc2-c2ccc(Br)cc2)c1. The monoisotopic (exact) mass is 565 g/mol. The number of nitrogens with one attached hydrogen (secondary N) is 1. The van der Waals surface area contributed by atoms with Gasteiger partial charge in [-0.1, -0.05) is 63.5 Å². The molecule has 0 saturated carbocycles. The van der Waals surface area contributed by atoms with E-state index in [1.165, 1.54) is 6.07 Å². The minimum atomic E-state index is -4.22. The highest BCUT2D eigenvalue weighted by Crippen LogP contribution is 2.48.